The van der Waals surface area contributed by atoms with E-state index in [1.165, 1.54) is 25.9 Å². The molecular formula is C19H35N3O2. The third-order valence-corrected chi connectivity index (χ3v) is 6.78. The van der Waals surface area contributed by atoms with E-state index in [1.807, 2.05) is 4.90 Å². The lowest BCUT2D eigenvalue weighted by atomic mass is 9.71. The van der Waals surface area contributed by atoms with Crippen molar-refractivity contribution >= 4 is 5.91 Å². The lowest BCUT2D eigenvalue weighted by molar-refractivity contribution is -0.140. The van der Waals surface area contributed by atoms with Gasteiger partial charge in [-0.2, -0.15) is 0 Å². The van der Waals surface area contributed by atoms with Crippen molar-refractivity contribution in [1.29, 1.82) is 0 Å². The van der Waals surface area contributed by atoms with Gasteiger partial charge in [0, 0.05) is 19.1 Å². The van der Waals surface area contributed by atoms with Crippen LogP contribution < -0.4 is 5.32 Å². The molecular weight excluding hydrogens is 302 g/mol. The van der Waals surface area contributed by atoms with Crippen molar-refractivity contribution in [3.05, 3.63) is 0 Å². The Bertz CT molecular complexity index is 428. The zero-order chi connectivity index (χ0) is 17.2. The van der Waals surface area contributed by atoms with Crippen molar-refractivity contribution in [3.63, 3.8) is 0 Å². The summed E-state index contributed by atoms with van der Waals surface area (Å²) in [4.78, 5) is 17.2. The summed E-state index contributed by atoms with van der Waals surface area (Å²) in [6.07, 6.45) is 6.55. The molecule has 0 unspecified atom stereocenters. The number of rotatable bonds is 3. The van der Waals surface area contributed by atoms with Gasteiger partial charge in [-0.25, -0.2) is 0 Å². The van der Waals surface area contributed by atoms with Crippen LogP contribution in [0.5, 0.6) is 0 Å². The second-order valence-electron chi connectivity index (χ2n) is 8.66. The summed E-state index contributed by atoms with van der Waals surface area (Å²) in [6.45, 7) is 10.4. The van der Waals surface area contributed by atoms with Gasteiger partial charge >= 0.3 is 0 Å². The Morgan fingerprint density at radius 3 is 2.08 bits per heavy atom. The van der Waals surface area contributed by atoms with Crippen molar-refractivity contribution in [2.24, 2.45) is 5.41 Å². The van der Waals surface area contributed by atoms with E-state index in [4.69, 9.17) is 0 Å². The predicted octanol–water partition coefficient (Wildman–Crippen LogP) is 1.60. The van der Waals surface area contributed by atoms with E-state index in [-0.39, 0.29) is 5.91 Å². The van der Waals surface area contributed by atoms with Crippen molar-refractivity contribution in [2.75, 3.05) is 39.3 Å². The first kappa shape index (κ1) is 18.2. The number of hydrogen-bond donors (Lipinski definition) is 2. The normalized spacial score (nSPS) is 27.6. The van der Waals surface area contributed by atoms with E-state index in [1.54, 1.807) is 0 Å². The highest BCUT2D eigenvalue weighted by atomic mass is 16.3. The number of likely N-dealkylation sites (tertiary alicyclic amines) is 2. The molecule has 3 saturated heterocycles. The van der Waals surface area contributed by atoms with Gasteiger partial charge < -0.3 is 20.2 Å². The number of amides is 1. The van der Waals surface area contributed by atoms with Gasteiger partial charge in [0.15, 0.2) is 0 Å². The lowest BCUT2D eigenvalue weighted by Gasteiger charge is -2.48. The fraction of sp³-hybridized carbons (Fsp3) is 0.947. The molecule has 3 rings (SSSR count). The second-order valence-corrected chi connectivity index (χ2v) is 8.66. The molecule has 1 amide bonds. The maximum Gasteiger partial charge on any atom is 0.225 e. The van der Waals surface area contributed by atoms with Crippen LogP contribution in [-0.2, 0) is 4.79 Å². The predicted molar refractivity (Wildman–Crippen MR) is 95.9 cm³/mol. The van der Waals surface area contributed by atoms with Gasteiger partial charge in [0.2, 0.25) is 5.91 Å². The maximum absolute atomic E-state index is 12.6. The summed E-state index contributed by atoms with van der Waals surface area (Å²) in [6, 6.07) is 0.648. The highest BCUT2D eigenvalue weighted by Crippen LogP contribution is 2.41. The Hall–Kier alpha value is -0.650. The molecule has 0 radical (unpaired) electrons. The van der Waals surface area contributed by atoms with Crippen LogP contribution in [0.15, 0.2) is 0 Å². The Morgan fingerprint density at radius 1 is 1.00 bits per heavy atom. The molecule has 0 aromatic rings. The second kappa shape index (κ2) is 7.30. The smallest absolute Gasteiger partial charge is 0.225 e. The van der Waals surface area contributed by atoms with Crippen molar-refractivity contribution in [1.82, 2.24) is 15.1 Å². The third kappa shape index (κ3) is 4.12. The number of carbonyl (C=O) groups is 1. The number of nitrogens with one attached hydrogen (secondary N) is 1. The van der Waals surface area contributed by atoms with Crippen LogP contribution in [0, 0.1) is 5.41 Å². The number of aliphatic hydroxyl groups is 1. The maximum atomic E-state index is 12.6. The molecule has 0 atom stereocenters. The van der Waals surface area contributed by atoms with Gasteiger partial charge in [-0.05, 0) is 84.0 Å². The first-order valence-electron chi connectivity index (χ1n) is 9.86. The van der Waals surface area contributed by atoms with Gasteiger partial charge in [0.05, 0.1) is 12.0 Å². The molecule has 0 aliphatic carbocycles. The minimum Gasteiger partial charge on any atom is -0.389 e. The molecule has 3 fully saturated rings. The lowest BCUT2D eigenvalue weighted by Crippen LogP contribution is -2.51. The molecule has 0 bridgehead atoms. The Kier molecular flexibility index (Phi) is 5.52. The number of carbonyl (C=O) groups excluding carboxylic acids is 1. The first-order valence-corrected chi connectivity index (χ1v) is 9.86. The average molecular weight is 338 g/mol. The molecule has 3 aliphatic rings. The van der Waals surface area contributed by atoms with Crippen LogP contribution in [0.3, 0.4) is 0 Å². The van der Waals surface area contributed by atoms with Gasteiger partial charge in [-0.1, -0.05) is 0 Å². The number of nitrogens with zero attached hydrogens (tertiary/aromatic N) is 2. The molecule has 138 valence electrons. The van der Waals surface area contributed by atoms with E-state index in [0.717, 1.165) is 39.0 Å². The Balaban J connectivity index is 1.47. The van der Waals surface area contributed by atoms with Crippen LogP contribution in [-0.4, -0.2) is 71.7 Å². The molecule has 5 nitrogen and oxygen atoms in total. The molecule has 2 N–H and O–H groups in total. The summed E-state index contributed by atoms with van der Waals surface area (Å²) in [5.74, 6) is 0.161. The fourth-order valence-electron chi connectivity index (χ4n) is 4.71. The highest BCUT2D eigenvalue weighted by molar-refractivity contribution is 5.77. The van der Waals surface area contributed by atoms with E-state index in [2.05, 4.69) is 24.1 Å². The van der Waals surface area contributed by atoms with Crippen molar-refractivity contribution < 1.29 is 9.90 Å². The minimum atomic E-state index is -0.778. The van der Waals surface area contributed by atoms with E-state index in [0.29, 0.717) is 30.7 Å². The zero-order valence-electron chi connectivity index (χ0n) is 15.5. The summed E-state index contributed by atoms with van der Waals surface area (Å²) >= 11 is 0. The van der Waals surface area contributed by atoms with Gasteiger partial charge in [-0.15, -0.1) is 0 Å². The van der Waals surface area contributed by atoms with Gasteiger partial charge in [0.25, 0.3) is 0 Å². The largest absolute Gasteiger partial charge is 0.389 e. The van der Waals surface area contributed by atoms with E-state index in [9.17, 15) is 9.90 Å². The van der Waals surface area contributed by atoms with Crippen molar-refractivity contribution in [2.45, 2.75) is 70.4 Å². The molecule has 3 heterocycles. The summed E-state index contributed by atoms with van der Waals surface area (Å²) < 4.78 is 0. The van der Waals surface area contributed by atoms with Crippen LogP contribution >= 0.6 is 0 Å². The topological polar surface area (TPSA) is 55.8 Å². The Morgan fingerprint density at radius 2 is 1.54 bits per heavy atom. The summed E-state index contributed by atoms with van der Waals surface area (Å²) in [5, 5.41) is 13.9. The van der Waals surface area contributed by atoms with Crippen LogP contribution in [0.4, 0.5) is 0 Å². The fourth-order valence-corrected chi connectivity index (χ4v) is 4.71. The molecule has 0 saturated carbocycles. The molecule has 0 aromatic heterocycles. The average Bonchev–Trinajstić information content (AvgIpc) is 2.56. The minimum absolute atomic E-state index is 0.161. The van der Waals surface area contributed by atoms with Crippen LogP contribution in [0.2, 0.25) is 0 Å². The van der Waals surface area contributed by atoms with Gasteiger partial charge in [-0.3, -0.25) is 4.79 Å². The van der Waals surface area contributed by atoms with Gasteiger partial charge in [0.1, 0.15) is 0 Å². The van der Waals surface area contributed by atoms with E-state index >= 15 is 0 Å². The standard InChI is InChI=1S/C19H35N3O2/c1-16(2)21-11-5-18(6-12-21)7-13-22(14-8-18)17(23)15-19(24)3-9-20-10-4-19/h16,20,24H,3-15H2,1-2H3. The van der Waals surface area contributed by atoms with Crippen LogP contribution in [0.1, 0.15) is 58.8 Å². The molecule has 5 heteroatoms. The van der Waals surface area contributed by atoms with E-state index < -0.39 is 5.60 Å². The Labute approximate surface area is 146 Å². The monoisotopic (exact) mass is 337 g/mol. The molecule has 24 heavy (non-hydrogen) atoms. The molecule has 3 aliphatic heterocycles. The highest BCUT2D eigenvalue weighted by Gasteiger charge is 2.40. The number of piperidine rings is 3. The molecule has 0 aromatic carbocycles. The summed E-state index contributed by atoms with van der Waals surface area (Å²) in [7, 11) is 0. The summed E-state index contributed by atoms with van der Waals surface area (Å²) in [5.41, 5.74) is -0.312. The third-order valence-electron chi connectivity index (χ3n) is 6.78. The SMILES string of the molecule is CC(C)N1CCC2(CCN(C(=O)CC3(O)CCNCC3)CC2)CC1. The number of hydrogen-bond acceptors (Lipinski definition) is 4. The zero-order valence-corrected chi connectivity index (χ0v) is 15.5. The first-order chi connectivity index (χ1) is 11.4. The van der Waals surface area contributed by atoms with Crippen molar-refractivity contribution in [3.8, 4) is 0 Å². The van der Waals surface area contributed by atoms with Crippen LogP contribution in [0.25, 0.3) is 0 Å². The molecule has 1 spiro atoms. The quantitative estimate of drug-likeness (QED) is 0.821.